The van der Waals surface area contributed by atoms with Crippen molar-refractivity contribution in [3.63, 3.8) is 0 Å². The van der Waals surface area contributed by atoms with E-state index in [1.165, 1.54) is 42.4 Å². The third-order valence-electron chi connectivity index (χ3n) is 7.03. The zero-order valence-electron chi connectivity index (χ0n) is 22.0. The molecule has 0 unspecified atom stereocenters. The molecule has 0 saturated heterocycles. The molecule has 40 heavy (non-hydrogen) atoms. The molecule has 10 heteroatoms. The van der Waals surface area contributed by atoms with Crippen LogP contribution in [0.15, 0.2) is 78.5 Å². The average Bonchev–Trinajstić information content (AvgIpc) is 3.64. The Labute approximate surface area is 241 Å². The molecule has 1 amide bonds. The van der Waals surface area contributed by atoms with Crippen molar-refractivity contribution in [1.82, 2.24) is 29.9 Å². The van der Waals surface area contributed by atoms with Gasteiger partial charge in [-0.1, -0.05) is 97.0 Å². The number of nitrogens with one attached hydrogen (secondary N) is 1. The van der Waals surface area contributed by atoms with Crippen LogP contribution >= 0.6 is 23.1 Å². The predicted octanol–water partition coefficient (Wildman–Crippen LogP) is 6.98. The molecule has 8 nitrogen and oxygen atoms in total. The number of thioether (sulfide) groups is 1. The van der Waals surface area contributed by atoms with Crippen LogP contribution in [0.5, 0.6) is 0 Å². The third-order valence-corrected chi connectivity index (χ3v) is 9.00. The fourth-order valence-corrected chi connectivity index (χ4v) is 6.77. The van der Waals surface area contributed by atoms with Gasteiger partial charge in [0.2, 0.25) is 11.0 Å². The van der Waals surface area contributed by atoms with Crippen LogP contribution in [0.25, 0.3) is 33.5 Å². The molecule has 0 bridgehead atoms. The summed E-state index contributed by atoms with van der Waals surface area (Å²) in [6, 6.07) is 20.2. The van der Waals surface area contributed by atoms with Gasteiger partial charge < -0.3 is 0 Å². The van der Waals surface area contributed by atoms with E-state index < -0.39 is 0 Å². The van der Waals surface area contributed by atoms with E-state index in [4.69, 9.17) is 4.98 Å². The van der Waals surface area contributed by atoms with Crippen molar-refractivity contribution in [2.24, 2.45) is 0 Å². The van der Waals surface area contributed by atoms with Gasteiger partial charge in [-0.2, -0.15) is 0 Å². The van der Waals surface area contributed by atoms with E-state index in [9.17, 15) is 4.79 Å². The molecule has 0 atom stereocenters. The maximum atomic E-state index is 12.8. The van der Waals surface area contributed by atoms with Gasteiger partial charge in [-0.25, -0.2) is 4.98 Å². The minimum absolute atomic E-state index is 0.147. The number of aromatic nitrogens is 6. The minimum atomic E-state index is -0.147. The fraction of sp³-hybridized carbons (Fsp3) is 0.267. The Hall–Kier alpha value is -3.89. The molecular formula is C30H29N7OS2. The van der Waals surface area contributed by atoms with E-state index >= 15 is 0 Å². The Morgan fingerprint density at radius 1 is 1.02 bits per heavy atom. The first kappa shape index (κ1) is 26.3. The zero-order valence-corrected chi connectivity index (χ0v) is 23.6. The van der Waals surface area contributed by atoms with Crippen LogP contribution < -0.4 is 5.32 Å². The number of amides is 1. The van der Waals surface area contributed by atoms with Gasteiger partial charge in [-0.05, 0) is 25.0 Å². The molecule has 1 N–H and O–H groups in total. The number of fused-ring (bicyclic) bond motifs is 1. The van der Waals surface area contributed by atoms with Crippen LogP contribution in [-0.2, 0) is 11.3 Å². The van der Waals surface area contributed by atoms with Gasteiger partial charge >= 0.3 is 0 Å². The number of allylic oxidation sites excluding steroid dienone is 1. The highest BCUT2D eigenvalue weighted by atomic mass is 32.2. The van der Waals surface area contributed by atoms with Crippen molar-refractivity contribution in [3.05, 3.63) is 78.3 Å². The van der Waals surface area contributed by atoms with Gasteiger partial charge in [0.25, 0.3) is 0 Å². The lowest BCUT2D eigenvalue weighted by atomic mass is 9.90. The van der Waals surface area contributed by atoms with Crippen LogP contribution in [0, 0.1) is 0 Å². The third kappa shape index (κ3) is 5.68. The lowest BCUT2D eigenvalue weighted by Crippen LogP contribution is -2.14. The van der Waals surface area contributed by atoms with Crippen molar-refractivity contribution < 1.29 is 4.79 Å². The molecule has 0 aliphatic heterocycles. The molecule has 6 rings (SSSR count). The zero-order chi connectivity index (χ0) is 27.3. The molecule has 1 aliphatic carbocycles. The predicted molar refractivity (Wildman–Crippen MR) is 161 cm³/mol. The van der Waals surface area contributed by atoms with Crippen LogP contribution in [0.3, 0.4) is 0 Å². The number of para-hydroxylation sites is 1. The van der Waals surface area contributed by atoms with Gasteiger partial charge in [0, 0.05) is 29.0 Å². The summed E-state index contributed by atoms with van der Waals surface area (Å²) >= 11 is 2.83. The molecule has 3 heterocycles. The van der Waals surface area contributed by atoms with Crippen LogP contribution in [-0.4, -0.2) is 41.6 Å². The summed E-state index contributed by atoms with van der Waals surface area (Å²) in [5.41, 5.74) is 3.70. The van der Waals surface area contributed by atoms with Gasteiger partial charge in [-0.3, -0.25) is 14.7 Å². The highest BCUT2D eigenvalue weighted by Gasteiger charge is 2.21. The second kappa shape index (κ2) is 12.1. The quantitative estimate of drug-likeness (QED) is 0.152. The molecule has 1 fully saturated rings. The Morgan fingerprint density at radius 2 is 1.82 bits per heavy atom. The number of rotatable bonds is 9. The van der Waals surface area contributed by atoms with Crippen molar-refractivity contribution >= 4 is 45.0 Å². The fourth-order valence-electron chi connectivity index (χ4n) is 5.09. The average molecular weight is 568 g/mol. The Kier molecular flexibility index (Phi) is 7.97. The van der Waals surface area contributed by atoms with Gasteiger partial charge in [-0.15, -0.1) is 27.0 Å². The van der Waals surface area contributed by atoms with Crippen molar-refractivity contribution in [2.75, 3.05) is 11.1 Å². The SMILES string of the molecule is C=CCn1c(SCC(=O)Nc2nnc(C3CCCCC3)s2)nnc1-c1cc(-c2ccccc2)nc2ccccc12. The number of benzene rings is 2. The maximum Gasteiger partial charge on any atom is 0.236 e. The summed E-state index contributed by atoms with van der Waals surface area (Å²) < 4.78 is 1.99. The van der Waals surface area contributed by atoms with E-state index in [1.807, 2.05) is 65.2 Å². The summed E-state index contributed by atoms with van der Waals surface area (Å²) in [5, 5.41) is 23.7. The molecule has 5 aromatic rings. The molecular weight excluding hydrogens is 539 g/mol. The summed E-state index contributed by atoms with van der Waals surface area (Å²) in [4.78, 5) is 17.7. The van der Waals surface area contributed by atoms with Gasteiger partial charge in [0.15, 0.2) is 11.0 Å². The monoisotopic (exact) mass is 567 g/mol. The smallest absolute Gasteiger partial charge is 0.236 e. The second-order valence-corrected chi connectivity index (χ2v) is 11.7. The standard InChI is InChI=1S/C30H29N7OS2/c1-2-17-37-27(23-18-25(20-11-5-3-6-12-20)31-24-16-10-9-15-22(23)24)33-36-30(37)39-19-26(38)32-29-35-34-28(40-29)21-13-7-4-8-14-21/h2-3,5-6,9-12,15-16,18,21H,1,4,7-8,13-14,17,19H2,(H,32,35,38). The van der Waals surface area contributed by atoms with E-state index in [0.29, 0.717) is 28.6 Å². The first-order chi connectivity index (χ1) is 19.7. The lowest BCUT2D eigenvalue weighted by Gasteiger charge is -2.18. The number of anilines is 1. The molecule has 3 aromatic heterocycles. The Balaban J connectivity index is 1.23. The van der Waals surface area contributed by atoms with Crippen molar-refractivity contribution in [1.29, 1.82) is 0 Å². The molecule has 1 aliphatic rings. The summed E-state index contributed by atoms with van der Waals surface area (Å²) in [5.74, 6) is 1.21. The normalized spacial score (nSPS) is 13.9. The van der Waals surface area contributed by atoms with Crippen LogP contribution in [0.4, 0.5) is 5.13 Å². The van der Waals surface area contributed by atoms with E-state index in [0.717, 1.165) is 45.6 Å². The summed E-state index contributed by atoms with van der Waals surface area (Å²) in [6.45, 7) is 4.44. The molecule has 2 aromatic carbocycles. The lowest BCUT2D eigenvalue weighted by molar-refractivity contribution is -0.113. The largest absolute Gasteiger partial charge is 0.300 e. The van der Waals surface area contributed by atoms with Crippen LogP contribution in [0.1, 0.15) is 43.0 Å². The van der Waals surface area contributed by atoms with Gasteiger partial charge in [0.1, 0.15) is 5.01 Å². The summed E-state index contributed by atoms with van der Waals surface area (Å²) in [6.07, 6.45) is 7.88. The summed E-state index contributed by atoms with van der Waals surface area (Å²) in [7, 11) is 0. The number of carbonyl (C=O) groups excluding carboxylic acids is 1. The molecule has 0 radical (unpaired) electrons. The number of carbonyl (C=O) groups is 1. The Bertz CT molecular complexity index is 1640. The van der Waals surface area contributed by atoms with Crippen molar-refractivity contribution in [3.8, 4) is 22.6 Å². The maximum absolute atomic E-state index is 12.8. The first-order valence-corrected chi connectivity index (χ1v) is 15.3. The molecule has 0 spiro atoms. The Morgan fingerprint density at radius 3 is 2.65 bits per heavy atom. The second-order valence-electron chi connectivity index (χ2n) is 9.76. The van der Waals surface area contributed by atoms with Gasteiger partial charge in [0.05, 0.1) is 17.0 Å². The number of hydrogen-bond acceptors (Lipinski definition) is 8. The molecule has 1 saturated carbocycles. The van der Waals surface area contributed by atoms with Crippen molar-refractivity contribution in [2.45, 2.75) is 49.7 Å². The van der Waals surface area contributed by atoms with E-state index in [2.05, 4.69) is 38.4 Å². The van der Waals surface area contributed by atoms with E-state index in [1.54, 1.807) is 0 Å². The highest BCUT2D eigenvalue weighted by Crippen LogP contribution is 2.36. The number of pyridine rings is 1. The number of nitrogens with zero attached hydrogens (tertiary/aromatic N) is 6. The van der Waals surface area contributed by atoms with E-state index in [-0.39, 0.29) is 11.7 Å². The minimum Gasteiger partial charge on any atom is -0.300 e. The topological polar surface area (TPSA) is 98.5 Å². The molecule has 202 valence electrons. The van der Waals surface area contributed by atoms with Crippen LogP contribution in [0.2, 0.25) is 0 Å². The first-order valence-electron chi connectivity index (χ1n) is 13.5. The highest BCUT2D eigenvalue weighted by molar-refractivity contribution is 7.99. The number of hydrogen-bond donors (Lipinski definition) is 1.